The number of aliphatic imine (C=N–C) groups is 2. The van der Waals surface area contributed by atoms with Crippen LogP contribution in [0, 0.1) is 0 Å². The summed E-state index contributed by atoms with van der Waals surface area (Å²) in [6, 6.07) is 0. The van der Waals surface area contributed by atoms with E-state index in [-0.39, 0.29) is 6.17 Å². The van der Waals surface area contributed by atoms with Crippen molar-refractivity contribution >= 4 is 18.0 Å². The summed E-state index contributed by atoms with van der Waals surface area (Å²) in [4.78, 5) is 23.7. The third kappa shape index (κ3) is 5.25. The Morgan fingerprint density at radius 2 is 2.13 bits per heavy atom. The average Bonchev–Trinajstić information content (AvgIpc) is 3.02. The highest BCUT2D eigenvalue weighted by Crippen LogP contribution is 2.42. The molecule has 3 rings (SSSR count). The molecule has 0 aromatic rings. The highest BCUT2D eigenvalue weighted by Gasteiger charge is 2.52. The molecule has 0 fully saturated rings. The topological polar surface area (TPSA) is 102 Å². The SMILES string of the molecule is CCCCC1N=C2C(N)=CC=C3N=CC=CC32N1CCOCCNC(=O)OC(C)(C)C. The number of rotatable bonds is 9. The van der Waals surface area contributed by atoms with Gasteiger partial charge >= 0.3 is 6.09 Å². The van der Waals surface area contributed by atoms with Crippen LogP contribution in [0.1, 0.15) is 47.0 Å². The van der Waals surface area contributed by atoms with Crippen molar-refractivity contribution in [3.8, 4) is 0 Å². The van der Waals surface area contributed by atoms with Gasteiger partial charge in [-0.1, -0.05) is 25.8 Å². The minimum absolute atomic E-state index is 0.0323. The number of carbonyl (C=O) groups is 1. The first-order valence-electron chi connectivity index (χ1n) is 11.1. The van der Waals surface area contributed by atoms with Gasteiger partial charge in [-0.2, -0.15) is 0 Å². The van der Waals surface area contributed by atoms with Crippen molar-refractivity contribution in [1.29, 1.82) is 0 Å². The van der Waals surface area contributed by atoms with Gasteiger partial charge in [0.2, 0.25) is 0 Å². The van der Waals surface area contributed by atoms with Gasteiger partial charge in [-0.3, -0.25) is 14.9 Å². The molecular formula is C23H35N5O3. The Kier molecular flexibility index (Phi) is 7.33. The van der Waals surface area contributed by atoms with E-state index in [1.807, 2.05) is 39.0 Å². The van der Waals surface area contributed by atoms with Crippen LogP contribution in [0.15, 0.2) is 45.7 Å². The largest absolute Gasteiger partial charge is 0.444 e. The highest BCUT2D eigenvalue weighted by molar-refractivity contribution is 6.13. The number of nitrogens with two attached hydrogens (primary N) is 1. The van der Waals surface area contributed by atoms with E-state index in [1.165, 1.54) is 0 Å². The number of unbranched alkanes of at least 4 members (excludes halogenated alkanes) is 1. The zero-order chi connectivity index (χ0) is 22.5. The van der Waals surface area contributed by atoms with E-state index in [9.17, 15) is 4.79 Å². The van der Waals surface area contributed by atoms with Crippen LogP contribution in [0.2, 0.25) is 0 Å². The molecular weight excluding hydrogens is 394 g/mol. The molecule has 3 N–H and O–H groups in total. The smallest absolute Gasteiger partial charge is 0.407 e. The molecule has 0 aromatic heterocycles. The van der Waals surface area contributed by atoms with Gasteiger partial charge < -0.3 is 20.5 Å². The second-order valence-corrected chi connectivity index (χ2v) is 8.91. The first-order valence-corrected chi connectivity index (χ1v) is 11.1. The third-order valence-corrected chi connectivity index (χ3v) is 5.38. The van der Waals surface area contributed by atoms with Gasteiger partial charge in [-0.15, -0.1) is 0 Å². The number of allylic oxidation sites excluding steroid dienone is 3. The molecule has 8 heteroatoms. The Balaban J connectivity index is 1.59. The lowest BCUT2D eigenvalue weighted by Gasteiger charge is -2.42. The summed E-state index contributed by atoms with van der Waals surface area (Å²) in [6.07, 6.45) is 12.5. The van der Waals surface area contributed by atoms with Crippen LogP contribution < -0.4 is 11.1 Å². The Morgan fingerprint density at radius 1 is 1.32 bits per heavy atom. The van der Waals surface area contributed by atoms with Crippen LogP contribution in [0.4, 0.5) is 4.79 Å². The van der Waals surface area contributed by atoms with Crippen LogP contribution in [-0.4, -0.2) is 66.5 Å². The fourth-order valence-electron chi connectivity index (χ4n) is 4.07. The number of hydrogen-bond acceptors (Lipinski definition) is 7. The molecule has 1 spiro atoms. The molecule has 170 valence electrons. The van der Waals surface area contributed by atoms with E-state index in [2.05, 4.69) is 28.2 Å². The summed E-state index contributed by atoms with van der Waals surface area (Å²) in [5.74, 6) is 0. The summed E-state index contributed by atoms with van der Waals surface area (Å²) in [7, 11) is 0. The van der Waals surface area contributed by atoms with E-state index in [1.54, 1.807) is 6.21 Å². The number of ether oxygens (including phenoxy) is 2. The number of nitrogens with zero attached hydrogens (tertiary/aromatic N) is 3. The molecule has 2 heterocycles. The molecule has 1 amide bonds. The molecule has 8 nitrogen and oxygen atoms in total. The van der Waals surface area contributed by atoms with Crippen molar-refractivity contribution in [3.05, 3.63) is 35.7 Å². The summed E-state index contributed by atoms with van der Waals surface area (Å²) in [5.41, 5.74) is 7.81. The first-order chi connectivity index (χ1) is 14.8. The Labute approximate surface area is 185 Å². The van der Waals surface area contributed by atoms with Crippen LogP contribution in [0.25, 0.3) is 0 Å². The number of dihydropyridines is 1. The van der Waals surface area contributed by atoms with Crippen molar-refractivity contribution in [3.63, 3.8) is 0 Å². The van der Waals surface area contributed by atoms with Crippen molar-refractivity contribution in [2.75, 3.05) is 26.3 Å². The van der Waals surface area contributed by atoms with Gasteiger partial charge in [-0.25, -0.2) is 4.79 Å². The molecule has 0 saturated heterocycles. The molecule has 0 bridgehead atoms. The second kappa shape index (κ2) is 9.78. The number of carbonyl (C=O) groups excluding carboxylic acids is 1. The molecule has 3 aliphatic rings. The Morgan fingerprint density at radius 3 is 2.87 bits per heavy atom. The summed E-state index contributed by atoms with van der Waals surface area (Å²) >= 11 is 0. The molecule has 1 aliphatic carbocycles. The van der Waals surface area contributed by atoms with Crippen molar-refractivity contribution in [1.82, 2.24) is 10.2 Å². The summed E-state index contributed by atoms with van der Waals surface area (Å²) in [5, 5.41) is 2.71. The maximum Gasteiger partial charge on any atom is 0.407 e. The van der Waals surface area contributed by atoms with Crippen molar-refractivity contribution < 1.29 is 14.3 Å². The van der Waals surface area contributed by atoms with E-state index < -0.39 is 17.2 Å². The lowest BCUT2D eigenvalue weighted by Crippen LogP contribution is -2.56. The summed E-state index contributed by atoms with van der Waals surface area (Å²) in [6.45, 7) is 9.69. The number of amides is 1. The zero-order valence-corrected chi connectivity index (χ0v) is 19.1. The van der Waals surface area contributed by atoms with Gasteiger partial charge in [0.05, 0.1) is 30.3 Å². The molecule has 0 aromatic carbocycles. The summed E-state index contributed by atoms with van der Waals surface area (Å²) < 4.78 is 11.1. The lowest BCUT2D eigenvalue weighted by atomic mass is 9.81. The highest BCUT2D eigenvalue weighted by atomic mass is 16.6. The first kappa shape index (κ1) is 23.2. The Hall–Kier alpha value is -2.45. The van der Waals surface area contributed by atoms with Crippen molar-refractivity contribution in [2.24, 2.45) is 15.7 Å². The molecule has 2 aliphatic heterocycles. The van der Waals surface area contributed by atoms with E-state index in [0.29, 0.717) is 32.0 Å². The normalized spacial score (nSPS) is 24.8. The second-order valence-electron chi connectivity index (χ2n) is 8.91. The molecule has 0 radical (unpaired) electrons. The van der Waals surface area contributed by atoms with Gasteiger partial charge in [0, 0.05) is 19.3 Å². The zero-order valence-electron chi connectivity index (χ0n) is 19.1. The minimum atomic E-state index is -0.524. The van der Waals surface area contributed by atoms with Crippen LogP contribution in [-0.2, 0) is 9.47 Å². The Bertz CT molecular complexity index is 822. The van der Waals surface area contributed by atoms with Crippen LogP contribution >= 0.6 is 0 Å². The molecule has 2 unspecified atom stereocenters. The molecule has 0 saturated carbocycles. The molecule has 2 atom stereocenters. The van der Waals surface area contributed by atoms with Crippen molar-refractivity contribution in [2.45, 2.75) is 64.3 Å². The fraction of sp³-hybridized carbons (Fsp3) is 0.609. The van der Waals surface area contributed by atoms with E-state index in [0.717, 1.165) is 30.7 Å². The monoisotopic (exact) mass is 429 g/mol. The maximum atomic E-state index is 11.7. The van der Waals surface area contributed by atoms with E-state index in [4.69, 9.17) is 20.2 Å². The van der Waals surface area contributed by atoms with Gasteiger partial charge in [0.25, 0.3) is 0 Å². The third-order valence-electron chi connectivity index (χ3n) is 5.38. The van der Waals surface area contributed by atoms with E-state index >= 15 is 0 Å². The average molecular weight is 430 g/mol. The van der Waals surface area contributed by atoms with Crippen LogP contribution in [0.5, 0.6) is 0 Å². The number of hydrogen-bond donors (Lipinski definition) is 2. The van der Waals surface area contributed by atoms with Gasteiger partial charge in [0.15, 0.2) is 0 Å². The predicted molar refractivity (Wildman–Crippen MR) is 123 cm³/mol. The van der Waals surface area contributed by atoms with Gasteiger partial charge in [0.1, 0.15) is 17.3 Å². The molecule has 31 heavy (non-hydrogen) atoms. The standard InChI is InChI=1S/C23H35N5O3/c1-5-6-8-19-27-20-17(24)9-10-18-23(20,11-7-12-25-18)28(19)14-16-30-15-13-26-21(29)31-22(2,3)4/h7,9-12,19H,5-6,8,13-16,24H2,1-4H3,(H,26,29). The number of alkyl carbamates (subject to hydrolysis) is 1. The minimum Gasteiger partial charge on any atom is -0.444 e. The lowest BCUT2D eigenvalue weighted by molar-refractivity contribution is 0.0473. The van der Waals surface area contributed by atoms with Crippen LogP contribution in [0.3, 0.4) is 0 Å². The maximum absolute atomic E-state index is 11.7. The fourth-order valence-corrected chi connectivity index (χ4v) is 4.07. The quantitative estimate of drug-likeness (QED) is 0.549. The predicted octanol–water partition coefficient (Wildman–Crippen LogP) is 2.92. The number of nitrogens with one attached hydrogen (secondary N) is 1. The van der Waals surface area contributed by atoms with Gasteiger partial charge in [-0.05, 0) is 45.4 Å².